The topological polar surface area (TPSA) is 47.3 Å². The zero-order valence-electron chi connectivity index (χ0n) is 11.1. The van der Waals surface area contributed by atoms with Crippen molar-refractivity contribution in [2.75, 3.05) is 19.0 Å². The highest BCUT2D eigenvalue weighted by molar-refractivity contribution is 6.30. The van der Waals surface area contributed by atoms with E-state index in [1.165, 1.54) is 6.07 Å². The third-order valence-electron chi connectivity index (χ3n) is 2.98. The molecule has 3 N–H and O–H groups in total. The molecule has 1 unspecified atom stereocenters. The van der Waals surface area contributed by atoms with Gasteiger partial charge in [-0.1, -0.05) is 23.7 Å². The number of anilines is 1. The average Bonchev–Trinajstić information content (AvgIpc) is 2.45. The van der Waals surface area contributed by atoms with Crippen LogP contribution in [0.5, 0.6) is 5.75 Å². The van der Waals surface area contributed by atoms with Gasteiger partial charge >= 0.3 is 0 Å². The molecule has 0 aromatic heterocycles. The number of nitrogens with two attached hydrogens (primary N) is 1. The molecule has 0 aliphatic rings. The Kier molecular flexibility index (Phi) is 4.82. The van der Waals surface area contributed by atoms with Gasteiger partial charge in [0.25, 0.3) is 0 Å². The van der Waals surface area contributed by atoms with E-state index in [1.54, 1.807) is 19.2 Å². The molecule has 0 saturated carbocycles. The first-order valence-corrected chi connectivity index (χ1v) is 6.57. The summed E-state index contributed by atoms with van der Waals surface area (Å²) in [6.45, 7) is 0.260. The zero-order valence-corrected chi connectivity index (χ0v) is 11.8. The number of ether oxygens (including phenoxy) is 1. The van der Waals surface area contributed by atoms with E-state index in [0.717, 1.165) is 11.4 Å². The molecule has 0 radical (unpaired) electrons. The Morgan fingerprint density at radius 3 is 2.75 bits per heavy atom. The largest absolute Gasteiger partial charge is 0.497 e. The van der Waals surface area contributed by atoms with Crippen molar-refractivity contribution in [3.05, 3.63) is 58.9 Å². The fourth-order valence-corrected chi connectivity index (χ4v) is 2.12. The fourth-order valence-electron chi connectivity index (χ4n) is 1.96. The average molecular weight is 295 g/mol. The van der Waals surface area contributed by atoms with Gasteiger partial charge < -0.3 is 15.8 Å². The maximum Gasteiger partial charge on any atom is 0.130 e. The summed E-state index contributed by atoms with van der Waals surface area (Å²) in [5.74, 6) is 0.352. The molecule has 3 nitrogen and oxygen atoms in total. The Balaban J connectivity index is 2.23. The standard InChI is InChI=1S/C15H16ClFN2O/c1-20-12-4-2-3-11(8-12)19-15(9-18)13-6-5-10(16)7-14(13)17/h2-8,15,19H,9,18H2,1H3. The van der Waals surface area contributed by atoms with Gasteiger partial charge in [0.1, 0.15) is 11.6 Å². The first kappa shape index (κ1) is 14.6. The third kappa shape index (κ3) is 3.40. The van der Waals surface area contributed by atoms with Gasteiger partial charge in [-0.25, -0.2) is 4.39 Å². The predicted octanol–water partition coefficient (Wildman–Crippen LogP) is 3.60. The van der Waals surface area contributed by atoms with Crippen LogP contribution in [0.4, 0.5) is 10.1 Å². The molecule has 2 aromatic rings. The summed E-state index contributed by atoms with van der Waals surface area (Å²) in [4.78, 5) is 0. The molecule has 2 rings (SSSR count). The van der Waals surface area contributed by atoms with Crippen LogP contribution in [0.15, 0.2) is 42.5 Å². The first-order valence-electron chi connectivity index (χ1n) is 6.19. The van der Waals surface area contributed by atoms with Crippen LogP contribution in [0.2, 0.25) is 5.02 Å². The molecular formula is C15H16ClFN2O. The van der Waals surface area contributed by atoms with Crippen molar-refractivity contribution < 1.29 is 9.13 Å². The van der Waals surface area contributed by atoms with E-state index in [4.69, 9.17) is 22.1 Å². The minimum Gasteiger partial charge on any atom is -0.497 e. The second-order valence-corrected chi connectivity index (χ2v) is 4.77. The summed E-state index contributed by atoms with van der Waals surface area (Å²) in [6, 6.07) is 11.6. The molecule has 0 heterocycles. The summed E-state index contributed by atoms with van der Waals surface area (Å²) >= 11 is 5.76. The summed E-state index contributed by atoms with van der Waals surface area (Å²) in [5.41, 5.74) is 7.04. The lowest BCUT2D eigenvalue weighted by atomic mass is 10.1. The summed E-state index contributed by atoms with van der Waals surface area (Å²) in [6.07, 6.45) is 0. The molecular weight excluding hydrogens is 279 g/mol. The van der Waals surface area contributed by atoms with E-state index in [9.17, 15) is 4.39 Å². The van der Waals surface area contributed by atoms with E-state index >= 15 is 0 Å². The van der Waals surface area contributed by atoms with Gasteiger partial charge in [-0.05, 0) is 24.3 Å². The Morgan fingerprint density at radius 2 is 2.10 bits per heavy atom. The number of rotatable bonds is 5. The van der Waals surface area contributed by atoms with Crippen LogP contribution < -0.4 is 15.8 Å². The molecule has 0 fully saturated rings. The van der Waals surface area contributed by atoms with Crippen molar-refractivity contribution in [3.63, 3.8) is 0 Å². The van der Waals surface area contributed by atoms with Gasteiger partial charge in [0.15, 0.2) is 0 Å². The lowest BCUT2D eigenvalue weighted by Gasteiger charge is -2.19. The molecule has 0 aliphatic heterocycles. The molecule has 106 valence electrons. The van der Waals surface area contributed by atoms with Crippen LogP contribution in [0.3, 0.4) is 0 Å². The molecule has 2 aromatic carbocycles. The predicted molar refractivity (Wildman–Crippen MR) is 79.8 cm³/mol. The molecule has 20 heavy (non-hydrogen) atoms. The van der Waals surface area contributed by atoms with Gasteiger partial charge in [-0.2, -0.15) is 0 Å². The van der Waals surface area contributed by atoms with Crippen molar-refractivity contribution in [2.24, 2.45) is 5.73 Å². The number of hydrogen-bond acceptors (Lipinski definition) is 3. The highest BCUT2D eigenvalue weighted by Gasteiger charge is 2.14. The van der Waals surface area contributed by atoms with Crippen LogP contribution in [0, 0.1) is 5.82 Å². The van der Waals surface area contributed by atoms with Crippen LogP contribution in [-0.2, 0) is 0 Å². The van der Waals surface area contributed by atoms with Crippen LogP contribution >= 0.6 is 11.6 Å². The smallest absolute Gasteiger partial charge is 0.130 e. The SMILES string of the molecule is COc1cccc(NC(CN)c2ccc(Cl)cc2F)c1. The summed E-state index contributed by atoms with van der Waals surface area (Å²) in [5, 5.41) is 3.56. The molecule has 0 aliphatic carbocycles. The highest BCUT2D eigenvalue weighted by Crippen LogP contribution is 2.25. The van der Waals surface area contributed by atoms with Gasteiger partial charge in [-0.3, -0.25) is 0 Å². The Labute approximate surface area is 122 Å². The number of methoxy groups -OCH3 is 1. The fraction of sp³-hybridized carbons (Fsp3) is 0.200. The molecule has 0 saturated heterocycles. The highest BCUT2D eigenvalue weighted by atomic mass is 35.5. The quantitative estimate of drug-likeness (QED) is 0.886. The van der Waals surface area contributed by atoms with Crippen LogP contribution in [0.1, 0.15) is 11.6 Å². The minimum atomic E-state index is -0.372. The maximum atomic E-state index is 13.9. The Hall–Kier alpha value is -1.78. The molecule has 0 amide bonds. The van der Waals surface area contributed by atoms with Gasteiger partial charge in [0, 0.05) is 28.9 Å². The van der Waals surface area contributed by atoms with E-state index in [2.05, 4.69) is 5.32 Å². The van der Waals surface area contributed by atoms with Crippen molar-refractivity contribution in [3.8, 4) is 5.75 Å². The second-order valence-electron chi connectivity index (χ2n) is 4.33. The minimum absolute atomic E-state index is 0.260. The van der Waals surface area contributed by atoms with E-state index in [1.807, 2.05) is 24.3 Å². The molecule has 0 bridgehead atoms. The molecule has 0 spiro atoms. The van der Waals surface area contributed by atoms with Gasteiger partial charge in [0.05, 0.1) is 13.2 Å². The number of halogens is 2. The van der Waals surface area contributed by atoms with Crippen molar-refractivity contribution in [1.82, 2.24) is 0 Å². The maximum absolute atomic E-state index is 13.9. The zero-order chi connectivity index (χ0) is 14.5. The number of hydrogen-bond donors (Lipinski definition) is 2. The summed E-state index contributed by atoms with van der Waals surface area (Å²) in [7, 11) is 1.60. The first-order chi connectivity index (χ1) is 9.63. The van der Waals surface area contributed by atoms with Gasteiger partial charge in [-0.15, -0.1) is 0 Å². The number of benzene rings is 2. The monoisotopic (exact) mass is 294 g/mol. The molecule has 5 heteroatoms. The Morgan fingerprint density at radius 1 is 1.30 bits per heavy atom. The lowest BCUT2D eigenvalue weighted by molar-refractivity contribution is 0.415. The van der Waals surface area contributed by atoms with Gasteiger partial charge in [0.2, 0.25) is 0 Å². The Bertz CT molecular complexity index is 592. The second kappa shape index (κ2) is 6.59. The summed E-state index contributed by atoms with van der Waals surface area (Å²) < 4.78 is 19.1. The molecule has 1 atom stereocenters. The van der Waals surface area contributed by atoms with Crippen LogP contribution in [0.25, 0.3) is 0 Å². The van der Waals surface area contributed by atoms with E-state index < -0.39 is 0 Å². The van der Waals surface area contributed by atoms with Crippen molar-refractivity contribution >= 4 is 17.3 Å². The van der Waals surface area contributed by atoms with Crippen molar-refractivity contribution in [2.45, 2.75) is 6.04 Å². The van der Waals surface area contributed by atoms with E-state index in [0.29, 0.717) is 10.6 Å². The number of nitrogens with one attached hydrogen (secondary N) is 1. The van der Waals surface area contributed by atoms with E-state index in [-0.39, 0.29) is 18.4 Å². The van der Waals surface area contributed by atoms with Crippen LogP contribution in [-0.4, -0.2) is 13.7 Å². The lowest BCUT2D eigenvalue weighted by Crippen LogP contribution is -2.21. The van der Waals surface area contributed by atoms with Crippen molar-refractivity contribution in [1.29, 1.82) is 0 Å². The normalized spacial score (nSPS) is 12.0. The third-order valence-corrected chi connectivity index (χ3v) is 3.22.